The number of hydrogen-bond acceptors (Lipinski definition) is 5. The maximum atomic E-state index is 11.8. The van der Waals surface area contributed by atoms with Gasteiger partial charge in [0.1, 0.15) is 16.9 Å². The molecule has 2 aromatic rings. The van der Waals surface area contributed by atoms with Crippen molar-refractivity contribution in [1.29, 1.82) is 0 Å². The zero-order valence-electron chi connectivity index (χ0n) is 12.6. The van der Waals surface area contributed by atoms with Crippen molar-refractivity contribution in [3.8, 4) is 5.75 Å². The number of fused-ring (bicyclic) bond motifs is 1. The lowest BCUT2D eigenvalue weighted by Gasteiger charge is -2.17. The zero-order chi connectivity index (χ0) is 15.6. The van der Waals surface area contributed by atoms with Gasteiger partial charge in [-0.1, -0.05) is 6.07 Å². The summed E-state index contributed by atoms with van der Waals surface area (Å²) in [6.45, 7) is 5.41. The number of rotatable bonds is 4. The average Bonchev–Trinajstić information content (AvgIpc) is 2.44. The Balaban J connectivity index is 2.60. The molecule has 0 radical (unpaired) electrons. The molecule has 112 valence electrons. The quantitative estimate of drug-likeness (QED) is 0.876. The topological polar surface area (TPSA) is 68.7 Å². The lowest BCUT2D eigenvalue weighted by molar-refractivity contribution is 0.0526. The molecule has 1 N–H and O–H groups in total. The molecule has 0 aliphatic heterocycles. The Labute approximate surface area is 123 Å². The van der Waals surface area contributed by atoms with Gasteiger partial charge in [-0.25, -0.2) is 9.78 Å². The van der Waals surface area contributed by atoms with E-state index in [1.165, 1.54) is 7.11 Å². The number of nitrogens with zero attached hydrogens (tertiary/aromatic N) is 1. The summed E-state index contributed by atoms with van der Waals surface area (Å²) in [6.07, 6.45) is 0. The van der Waals surface area contributed by atoms with Crippen molar-refractivity contribution in [1.82, 2.24) is 4.98 Å². The standard InChI is InChI=1S/C16H19NO4/c1-5-21-15(18)11-8-10-6-7-13(16(2,3)19)17-14(10)12(9-11)20-4/h6-9,19H,5H2,1-4H3. The number of pyridine rings is 1. The van der Waals surface area contributed by atoms with E-state index in [9.17, 15) is 9.90 Å². The van der Waals surface area contributed by atoms with Crippen LogP contribution in [0.1, 0.15) is 36.8 Å². The number of hydrogen-bond donors (Lipinski definition) is 1. The SMILES string of the molecule is CCOC(=O)c1cc(OC)c2nc(C(C)(C)O)ccc2c1. The summed E-state index contributed by atoms with van der Waals surface area (Å²) in [4.78, 5) is 16.3. The van der Waals surface area contributed by atoms with E-state index in [2.05, 4.69) is 4.98 Å². The van der Waals surface area contributed by atoms with Crippen molar-refractivity contribution in [2.24, 2.45) is 0 Å². The van der Waals surface area contributed by atoms with Crippen LogP contribution < -0.4 is 4.74 Å². The molecule has 0 amide bonds. The minimum Gasteiger partial charge on any atom is -0.494 e. The normalized spacial score (nSPS) is 11.5. The smallest absolute Gasteiger partial charge is 0.338 e. The summed E-state index contributed by atoms with van der Waals surface area (Å²) in [5.74, 6) is 0.0749. The molecule has 5 nitrogen and oxygen atoms in total. The predicted molar refractivity (Wildman–Crippen MR) is 79.5 cm³/mol. The van der Waals surface area contributed by atoms with Gasteiger partial charge in [-0.2, -0.15) is 0 Å². The third-order valence-corrected chi connectivity index (χ3v) is 3.12. The zero-order valence-corrected chi connectivity index (χ0v) is 12.6. The number of benzene rings is 1. The Morgan fingerprint density at radius 1 is 1.33 bits per heavy atom. The fourth-order valence-corrected chi connectivity index (χ4v) is 2.03. The molecule has 0 fully saturated rings. The van der Waals surface area contributed by atoms with Crippen LogP contribution in [0.5, 0.6) is 5.75 Å². The predicted octanol–water partition coefficient (Wildman–Crippen LogP) is 2.65. The highest BCUT2D eigenvalue weighted by Gasteiger charge is 2.20. The third-order valence-electron chi connectivity index (χ3n) is 3.12. The van der Waals surface area contributed by atoms with E-state index in [0.29, 0.717) is 29.1 Å². The van der Waals surface area contributed by atoms with Crippen molar-refractivity contribution in [2.75, 3.05) is 13.7 Å². The Hall–Kier alpha value is -2.14. The van der Waals surface area contributed by atoms with E-state index in [4.69, 9.17) is 9.47 Å². The second-order valence-corrected chi connectivity index (χ2v) is 5.23. The highest BCUT2D eigenvalue weighted by molar-refractivity contribution is 5.97. The van der Waals surface area contributed by atoms with E-state index in [0.717, 1.165) is 5.39 Å². The summed E-state index contributed by atoms with van der Waals surface area (Å²) in [6, 6.07) is 6.84. The van der Waals surface area contributed by atoms with Crippen LogP contribution >= 0.6 is 0 Å². The van der Waals surface area contributed by atoms with Gasteiger partial charge < -0.3 is 14.6 Å². The molecule has 21 heavy (non-hydrogen) atoms. The molecule has 0 atom stereocenters. The Morgan fingerprint density at radius 3 is 2.62 bits per heavy atom. The maximum Gasteiger partial charge on any atom is 0.338 e. The average molecular weight is 289 g/mol. The van der Waals surface area contributed by atoms with Crippen LogP contribution in [0, 0.1) is 0 Å². The first-order valence-electron chi connectivity index (χ1n) is 6.75. The van der Waals surface area contributed by atoms with Gasteiger partial charge in [-0.3, -0.25) is 0 Å². The number of esters is 1. The van der Waals surface area contributed by atoms with Crippen LogP contribution in [0.15, 0.2) is 24.3 Å². The van der Waals surface area contributed by atoms with Gasteiger partial charge >= 0.3 is 5.97 Å². The molecule has 0 spiro atoms. The molecule has 5 heteroatoms. The Morgan fingerprint density at radius 2 is 2.05 bits per heavy atom. The number of methoxy groups -OCH3 is 1. The molecule has 0 bridgehead atoms. The molecule has 0 aliphatic rings. The number of aromatic nitrogens is 1. The molecule has 0 saturated heterocycles. The monoisotopic (exact) mass is 289 g/mol. The summed E-state index contributed by atoms with van der Waals surface area (Å²) >= 11 is 0. The van der Waals surface area contributed by atoms with Crippen molar-refractivity contribution < 1.29 is 19.4 Å². The van der Waals surface area contributed by atoms with Crippen LogP contribution in [0.3, 0.4) is 0 Å². The second kappa shape index (κ2) is 5.69. The van der Waals surface area contributed by atoms with E-state index in [1.807, 2.05) is 0 Å². The van der Waals surface area contributed by atoms with Gasteiger partial charge in [-0.05, 0) is 39.0 Å². The number of aliphatic hydroxyl groups is 1. The number of ether oxygens (including phenoxy) is 2. The second-order valence-electron chi connectivity index (χ2n) is 5.23. The third kappa shape index (κ3) is 3.13. The molecule has 0 unspecified atom stereocenters. The van der Waals surface area contributed by atoms with Crippen molar-refractivity contribution in [3.63, 3.8) is 0 Å². The molecule has 1 aromatic heterocycles. The van der Waals surface area contributed by atoms with Crippen LogP contribution in [0.25, 0.3) is 10.9 Å². The van der Waals surface area contributed by atoms with E-state index in [1.54, 1.807) is 45.0 Å². The first-order chi connectivity index (χ1) is 9.86. The van der Waals surface area contributed by atoms with Crippen molar-refractivity contribution in [3.05, 3.63) is 35.5 Å². The van der Waals surface area contributed by atoms with Crippen LogP contribution in [-0.4, -0.2) is 29.8 Å². The van der Waals surface area contributed by atoms with Crippen LogP contribution in [-0.2, 0) is 10.3 Å². The largest absolute Gasteiger partial charge is 0.494 e. The van der Waals surface area contributed by atoms with Crippen LogP contribution in [0.4, 0.5) is 0 Å². The summed E-state index contributed by atoms with van der Waals surface area (Å²) < 4.78 is 10.3. The van der Waals surface area contributed by atoms with Crippen molar-refractivity contribution >= 4 is 16.9 Å². The minimum absolute atomic E-state index is 0.315. The maximum absolute atomic E-state index is 11.8. The van der Waals surface area contributed by atoms with Crippen LogP contribution in [0.2, 0.25) is 0 Å². The molecular weight excluding hydrogens is 270 g/mol. The van der Waals surface area contributed by atoms with E-state index in [-0.39, 0.29) is 0 Å². The number of carbonyl (C=O) groups excluding carboxylic acids is 1. The highest BCUT2D eigenvalue weighted by Crippen LogP contribution is 2.29. The molecule has 1 heterocycles. The lowest BCUT2D eigenvalue weighted by Crippen LogP contribution is -2.17. The molecule has 2 rings (SSSR count). The van der Waals surface area contributed by atoms with E-state index >= 15 is 0 Å². The summed E-state index contributed by atoms with van der Waals surface area (Å²) in [5.41, 5.74) is 0.514. The summed E-state index contributed by atoms with van der Waals surface area (Å²) in [5, 5.41) is 10.8. The van der Waals surface area contributed by atoms with Gasteiger partial charge in [0.2, 0.25) is 0 Å². The van der Waals surface area contributed by atoms with Gasteiger partial charge in [0.15, 0.2) is 0 Å². The minimum atomic E-state index is -1.04. The molecule has 0 saturated carbocycles. The molecular formula is C16H19NO4. The molecule has 1 aromatic carbocycles. The lowest BCUT2D eigenvalue weighted by atomic mass is 10.0. The first-order valence-corrected chi connectivity index (χ1v) is 6.75. The fraction of sp³-hybridized carbons (Fsp3) is 0.375. The first kappa shape index (κ1) is 15.3. The Bertz CT molecular complexity index is 674. The highest BCUT2D eigenvalue weighted by atomic mass is 16.5. The van der Waals surface area contributed by atoms with Gasteiger partial charge in [0, 0.05) is 5.39 Å². The van der Waals surface area contributed by atoms with Gasteiger partial charge in [0.25, 0.3) is 0 Å². The van der Waals surface area contributed by atoms with Gasteiger partial charge in [-0.15, -0.1) is 0 Å². The fourth-order valence-electron chi connectivity index (χ4n) is 2.03. The number of carbonyl (C=O) groups is 1. The van der Waals surface area contributed by atoms with Crippen molar-refractivity contribution in [2.45, 2.75) is 26.4 Å². The van der Waals surface area contributed by atoms with Gasteiger partial charge in [0.05, 0.1) is 25.0 Å². The molecule has 0 aliphatic carbocycles. The summed E-state index contributed by atoms with van der Waals surface area (Å²) in [7, 11) is 1.52. The Kier molecular flexibility index (Phi) is 4.14. The van der Waals surface area contributed by atoms with E-state index < -0.39 is 11.6 Å².